The van der Waals surface area contributed by atoms with Crippen LogP contribution in [-0.4, -0.2) is 54.2 Å². The number of anilines is 2. The third-order valence-electron chi connectivity index (χ3n) is 10.8. The number of aryl methyl sites for hydroxylation is 2. The molecule has 8 rings (SSSR count). The minimum atomic E-state index is -4.63. The van der Waals surface area contributed by atoms with Gasteiger partial charge in [-0.1, -0.05) is 6.42 Å². The van der Waals surface area contributed by atoms with E-state index >= 15 is 0 Å². The molecule has 1 amide bonds. The van der Waals surface area contributed by atoms with Crippen molar-refractivity contribution in [3.63, 3.8) is 0 Å². The number of hydrogen-bond donors (Lipinski definition) is 1. The fourth-order valence-corrected chi connectivity index (χ4v) is 7.80. The van der Waals surface area contributed by atoms with E-state index < -0.39 is 23.2 Å². The topological polar surface area (TPSA) is 116 Å². The summed E-state index contributed by atoms with van der Waals surface area (Å²) in [6, 6.07) is 10.6. The molecule has 2 aliphatic heterocycles. The fourth-order valence-electron chi connectivity index (χ4n) is 7.80. The lowest BCUT2D eigenvalue weighted by Gasteiger charge is -2.38. The predicted molar refractivity (Wildman–Crippen MR) is 176 cm³/mol. The van der Waals surface area contributed by atoms with E-state index in [-0.39, 0.29) is 29.9 Å². The standard InChI is InChI=1S/C36H36F3N9O/c1-22-12-25(27(17-41-22)32-45-42-21-46(32)2)24-15-30(44-35(6-7-35)8-10-40)43-31(16-24)48-19-28-26(33(48)49)13-23(14-29(28)36(37,38)39)18-47-11-9-34(20-47)4-3-5-34/h12-17,21H,3-9,11,18-20H2,1-2H3,(H,43,44). The Morgan fingerprint density at radius 2 is 1.86 bits per heavy atom. The van der Waals surface area contributed by atoms with E-state index in [1.165, 1.54) is 30.2 Å². The van der Waals surface area contributed by atoms with Gasteiger partial charge >= 0.3 is 6.18 Å². The zero-order valence-electron chi connectivity index (χ0n) is 27.4. The number of pyridine rings is 2. The van der Waals surface area contributed by atoms with Gasteiger partial charge in [-0.15, -0.1) is 10.2 Å². The second-order valence-electron chi connectivity index (χ2n) is 14.3. The summed E-state index contributed by atoms with van der Waals surface area (Å²) >= 11 is 0. The minimum Gasteiger partial charge on any atom is -0.364 e. The van der Waals surface area contributed by atoms with Crippen molar-refractivity contribution in [3.8, 4) is 28.6 Å². The molecule has 3 aromatic heterocycles. The Kier molecular flexibility index (Phi) is 7.30. The lowest BCUT2D eigenvalue weighted by Crippen LogP contribution is -2.33. The van der Waals surface area contributed by atoms with Crippen molar-refractivity contribution in [2.24, 2.45) is 12.5 Å². The first-order valence-electron chi connectivity index (χ1n) is 16.7. The number of fused-ring (bicyclic) bond motifs is 1. The number of carbonyl (C=O) groups excluding carboxylic acids is 1. The molecule has 1 N–H and O–H groups in total. The molecule has 1 saturated heterocycles. The Morgan fingerprint density at radius 3 is 2.51 bits per heavy atom. The first-order chi connectivity index (χ1) is 23.4. The van der Waals surface area contributed by atoms with Gasteiger partial charge in [-0.25, -0.2) is 4.98 Å². The Hall–Kier alpha value is -4.83. The smallest absolute Gasteiger partial charge is 0.364 e. The van der Waals surface area contributed by atoms with Gasteiger partial charge in [0.1, 0.15) is 18.0 Å². The monoisotopic (exact) mass is 667 g/mol. The first kappa shape index (κ1) is 31.4. The van der Waals surface area contributed by atoms with E-state index in [4.69, 9.17) is 4.98 Å². The number of rotatable bonds is 8. The second kappa shape index (κ2) is 11.4. The highest BCUT2D eigenvalue weighted by Crippen LogP contribution is 2.49. The molecule has 3 fully saturated rings. The molecule has 49 heavy (non-hydrogen) atoms. The number of carbonyl (C=O) groups is 1. The van der Waals surface area contributed by atoms with E-state index in [0.29, 0.717) is 40.3 Å². The number of likely N-dealkylation sites (tertiary alicyclic amines) is 1. The van der Waals surface area contributed by atoms with E-state index in [1.54, 1.807) is 29.2 Å². The quantitative estimate of drug-likeness (QED) is 0.222. The summed E-state index contributed by atoms with van der Waals surface area (Å²) in [7, 11) is 1.82. The lowest BCUT2D eigenvalue weighted by atomic mass is 9.68. The molecule has 10 nitrogen and oxygen atoms in total. The third-order valence-corrected chi connectivity index (χ3v) is 10.8. The maximum Gasteiger partial charge on any atom is 0.416 e. The van der Waals surface area contributed by atoms with Crippen LogP contribution in [0.4, 0.5) is 24.8 Å². The van der Waals surface area contributed by atoms with Crippen LogP contribution in [-0.2, 0) is 26.3 Å². The Balaban J connectivity index is 1.20. The zero-order chi connectivity index (χ0) is 34.1. The maximum atomic E-state index is 14.6. The summed E-state index contributed by atoms with van der Waals surface area (Å²) < 4.78 is 45.7. The Morgan fingerprint density at radius 1 is 1.04 bits per heavy atom. The molecular weight excluding hydrogens is 631 g/mol. The molecule has 0 radical (unpaired) electrons. The van der Waals surface area contributed by atoms with Crippen molar-refractivity contribution in [1.29, 1.82) is 5.26 Å². The number of benzene rings is 1. The van der Waals surface area contributed by atoms with Crippen LogP contribution < -0.4 is 10.2 Å². The van der Waals surface area contributed by atoms with E-state index in [1.807, 2.05) is 26.1 Å². The molecule has 0 unspecified atom stereocenters. The normalized spacial score (nSPS) is 19.2. The third kappa shape index (κ3) is 5.71. The van der Waals surface area contributed by atoms with Crippen molar-refractivity contribution in [2.45, 2.75) is 76.7 Å². The van der Waals surface area contributed by atoms with E-state index in [0.717, 1.165) is 43.6 Å². The largest absolute Gasteiger partial charge is 0.416 e. The van der Waals surface area contributed by atoms with Crippen LogP contribution in [0.25, 0.3) is 22.5 Å². The van der Waals surface area contributed by atoms with Gasteiger partial charge < -0.3 is 9.88 Å². The van der Waals surface area contributed by atoms with Gasteiger partial charge in [0.05, 0.1) is 30.1 Å². The average Bonchev–Trinajstić information content (AvgIpc) is 3.33. The molecule has 252 valence electrons. The predicted octanol–water partition coefficient (Wildman–Crippen LogP) is 6.66. The highest BCUT2D eigenvalue weighted by Gasteiger charge is 2.45. The van der Waals surface area contributed by atoms with Crippen LogP contribution >= 0.6 is 0 Å². The van der Waals surface area contributed by atoms with Gasteiger partial charge in [0.25, 0.3) is 5.91 Å². The van der Waals surface area contributed by atoms with Crippen LogP contribution in [0, 0.1) is 23.7 Å². The summed E-state index contributed by atoms with van der Waals surface area (Å²) in [5.74, 6) is 0.700. The molecule has 5 heterocycles. The molecular formula is C36H36F3N9O. The van der Waals surface area contributed by atoms with Gasteiger partial charge in [0.15, 0.2) is 5.82 Å². The number of alkyl halides is 3. The second-order valence-corrected chi connectivity index (χ2v) is 14.3. The van der Waals surface area contributed by atoms with E-state index in [2.05, 4.69) is 31.5 Å². The van der Waals surface area contributed by atoms with E-state index in [9.17, 15) is 23.2 Å². The van der Waals surface area contributed by atoms with Gasteiger partial charge in [0, 0.05) is 43.2 Å². The van der Waals surface area contributed by atoms with Crippen molar-refractivity contribution in [2.75, 3.05) is 23.3 Å². The van der Waals surface area contributed by atoms with Crippen LogP contribution in [0.15, 0.2) is 42.9 Å². The summed E-state index contributed by atoms with van der Waals surface area (Å²) in [5.41, 5.74) is 2.46. The highest BCUT2D eigenvalue weighted by atomic mass is 19.4. The average molecular weight is 668 g/mol. The molecule has 0 atom stereocenters. The molecule has 1 aromatic carbocycles. The number of halogens is 3. The van der Waals surface area contributed by atoms with Crippen molar-refractivity contribution < 1.29 is 18.0 Å². The number of aromatic nitrogens is 5. The fraction of sp³-hybridized carbons (Fsp3) is 0.444. The Labute approximate surface area is 282 Å². The van der Waals surface area contributed by atoms with Crippen LogP contribution in [0.2, 0.25) is 0 Å². The van der Waals surface area contributed by atoms with Gasteiger partial charge in [0.2, 0.25) is 0 Å². The molecule has 1 spiro atoms. The Bertz CT molecular complexity index is 2020. The summed E-state index contributed by atoms with van der Waals surface area (Å²) in [4.78, 5) is 27.0. The molecule has 0 bridgehead atoms. The molecule has 2 aliphatic carbocycles. The van der Waals surface area contributed by atoms with Gasteiger partial charge in [-0.2, -0.15) is 18.4 Å². The van der Waals surface area contributed by atoms with Gasteiger partial charge in [-0.05, 0) is 104 Å². The molecule has 13 heteroatoms. The van der Waals surface area contributed by atoms with Crippen LogP contribution in [0.5, 0.6) is 0 Å². The maximum absolute atomic E-state index is 14.6. The van der Waals surface area contributed by atoms with Crippen molar-refractivity contribution in [1.82, 2.24) is 29.6 Å². The molecule has 4 aliphatic rings. The number of amides is 1. The van der Waals surface area contributed by atoms with Crippen molar-refractivity contribution >= 4 is 17.5 Å². The summed E-state index contributed by atoms with van der Waals surface area (Å²) in [6.45, 7) is 3.71. The number of nitrogens with zero attached hydrogens (tertiary/aromatic N) is 8. The number of nitriles is 1. The summed E-state index contributed by atoms with van der Waals surface area (Å²) in [5, 5.41) is 21.2. The SMILES string of the molecule is Cc1cc(-c2cc(NC3(CC#N)CC3)nc(N3Cc4c(cc(CN5CCC6(CCC6)C5)cc4C(F)(F)F)C3=O)c2)c(-c2nncn2C)cn1. The lowest BCUT2D eigenvalue weighted by molar-refractivity contribution is -0.138. The van der Waals surface area contributed by atoms with Crippen LogP contribution in [0.3, 0.4) is 0 Å². The van der Waals surface area contributed by atoms with Crippen LogP contribution in [0.1, 0.15) is 77.7 Å². The number of hydrogen-bond acceptors (Lipinski definition) is 8. The zero-order valence-corrected chi connectivity index (χ0v) is 27.4. The molecule has 2 saturated carbocycles. The minimum absolute atomic E-state index is 0.0393. The molecule has 4 aromatic rings. The highest BCUT2D eigenvalue weighted by molar-refractivity contribution is 6.10. The van der Waals surface area contributed by atoms with Crippen molar-refractivity contribution in [3.05, 3.63) is 70.8 Å². The first-order valence-corrected chi connectivity index (χ1v) is 16.7. The number of nitrogens with one attached hydrogen (secondary N) is 1. The van der Waals surface area contributed by atoms with Gasteiger partial charge in [-0.3, -0.25) is 19.6 Å². The summed E-state index contributed by atoms with van der Waals surface area (Å²) in [6.07, 6.45) is 5.14.